The third-order valence-electron chi connectivity index (χ3n) is 1.11. The number of nitriles is 2. The molecule has 58 valence electrons. The van der Waals surface area contributed by atoms with Gasteiger partial charge in [-0.05, 0) is 0 Å². The third kappa shape index (κ3) is 1.86. The fraction of sp³-hybridized carbons (Fsp3) is 0. The second-order valence-electron chi connectivity index (χ2n) is 1.90. The van der Waals surface area contributed by atoms with Gasteiger partial charge in [0.05, 0.1) is 6.20 Å². The summed E-state index contributed by atoms with van der Waals surface area (Å²) in [5.74, 6) is 0.637. The van der Waals surface area contributed by atoms with Crippen molar-refractivity contribution < 1.29 is 0 Å². The molecule has 1 heterocycles. The number of aromatic nitrogens is 2. The highest BCUT2D eigenvalue weighted by Crippen LogP contribution is 1.99. The van der Waals surface area contributed by atoms with Crippen LogP contribution in [0.25, 0.3) is 0 Å². The fourth-order valence-electron chi connectivity index (χ4n) is 0.576. The van der Waals surface area contributed by atoms with Crippen molar-refractivity contribution in [2.45, 2.75) is 0 Å². The molecule has 0 unspecified atom stereocenters. The quantitative estimate of drug-likeness (QED) is 0.623. The van der Waals surface area contributed by atoms with Crippen LogP contribution in [0.15, 0.2) is 24.0 Å². The van der Waals surface area contributed by atoms with Gasteiger partial charge in [-0.3, -0.25) is 5.10 Å². The van der Waals surface area contributed by atoms with Crippen LogP contribution in [0.5, 0.6) is 0 Å². The fourth-order valence-corrected chi connectivity index (χ4v) is 0.576. The van der Waals surface area contributed by atoms with Gasteiger partial charge in [0.1, 0.15) is 23.5 Å². The summed E-state index contributed by atoms with van der Waals surface area (Å²) in [5, 5.41) is 25.7. The van der Waals surface area contributed by atoms with E-state index in [0.29, 0.717) is 5.82 Å². The Kier molecular flexibility index (Phi) is 2.47. The Labute approximate surface area is 68.9 Å². The van der Waals surface area contributed by atoms with Crippen molar-refractivity contribution in [3.63, 3.8) is 0 Å². The summed E-state index contributed by atoms with van der Waals surface area (Å²) in [6.07, 6.45) is 2.88. The van der Waals surface area contributed by atoms with Crippen molar-refractivity contribution in [3.8, 4) is 12.1 Å². The van der Waals surface area contributed by atoms with E-state index in [1.165, 1.54) is 6.20 Å². The first-order chi connectivity index (χ1) is 5.86. The normalized spacial score (nSPS) is 7.83. The van der Waals surface area contributed by atoms with Crippen LogP contribution in [0.4, 0.5) is 5.82 Å². The van der Waals surface area contributed by atoms with Crippen molar-refractivity contribution in [1.29, 1.82) is 10.5 Å². The van der Waals surface area contributed by atoms with Gasteiger partial charge in [0, 0.05) is 12.3 Å². The summed E-state index contributed by atoms with van der Waals surface area (Å²) >= 11 is 0. The maximum Gasteiger partial charge on any atom is 0.145 e. The number of H-pyrrole nitrogens is 1. The zero-order valence-corrected chi connectivity index (χ0v) is 6.07. The highest BCUT2D eigenvalue weighted by atomic mass is 15.2. The summed E-state index contributed by atoms with van der Waals surface area (Å²) in [6, 6.07) is 5.12. The van der Waals surface area contributed by atoms with Crippen molar-refractivity contribution >= 4 is 5.82 Å². The number of aromatic amines is 1. The topological polar surface area (TPSA) is 88.3 Å². The van der Waals surface area contributed by atoms with Gasteiger partial charge in [-0.15, -0.1) is 0 Å². The zero-order valence-electron chi connectivity index (χ0n) is 6.07. The smallest absolute Gasteiger partial charge is 0.145 e. The molecular formula is C7H5N5. The van der Waals surface area contributed by atoms with Crippen LogP contribution >= 0.6 is 0 Å². The molecule has 0 fully saturated rings. The lowest BCUT2D eigenvalue weighted by atomic mass is 10.3. The van der Waals surface area contributed by atoms with E-state index >= 15 is 0 Å². The number of allylic oxidation sites excluding steroid dienone is 1. The molecule has 0 radical (unpaired) electrons. The molecule has 0 spiro atoms. The van der Waals surface area contributed by atoms with E-state index in [1.54, 1.807) is 24.4 Å². The summed E-state index contributed by atoms with van der Waals surface area (Å²) in [6.45, 7) is 0. The first kappa shape index (κ1) is 7.83. The number of anilines is 1. The maximum absolute atomic E-state index is 8.35. The molecule has 0 saturated heterocycles. The molecule has 5 nitrogen and oxygen atoms in total. The Morgan fingerprint density at radius 1 is 1.58 bits per heavy atom. The van der Waals surface area contributed by atoms with E-state index in [0.717, 1.165) is 0 Å². The molecule has 0 aliphatic heterocycles. The number of hydrogen-bond acceptors (Lipinski definition) is 4. The number of rotatable bonds is 2. The van der Waals surface area contributed by atoms with E-state index in [-0.39, 0.29) is 5.57 Å². The Morgan fingerprint density at radius 3 is 2.83 bits per heavy atom. The van der Waals surface area contributed by atoms with Gasteiger partial charge in [0.2, 0.25) is 0 Å². The largest absolute Gasteiger partial charge is 0.345 e. The third-order valence-corrected chi connectivity index (χ3v) is 1.11. The van der Waals surface area contributed by atoms with Crippen LogP contribution in [0.2, 0.25) is 0 Å². The molecule has 0 saturated carbocycles. The van der Waals surface area contributed by atoms with Gasteiger partial charge in [-0.2, -0.15) is 15.6 Å². The van der Waals surface area contributed by atoms with Crippen LogP contribution < -0.4 is 5.32 Å². The van der Waals surface area contributed by atoms with Crippen molar-refractivity contribution in [2.75, 3.05) is 5.32 Å². The molecule has 0 atom stereocenters. The molecule has 0 aromatic carbocycles. The lowest BCUT2D eigenvalue weighted by molar-refractivity contribution is 1.09. The van der Waals surface area contributed by atoms with Crippen molar-refractivity contribution in [3.05, 3.63) is 24.0 Å². The molecule has 1 aromatic heterocycles. The van der Waals surface area contributed by atoms with Crippen LogP contribution in [-0.4, -0.2) is 10.2 Å². The Hall–Kier alpha value is -2.27. The van der Waals surface area contributed by atoms with E-state index in [9.17, 15) is 0 Å². The lowest BCUT2D eigenvalue weighted by Crippen LogP contribution is -1.89. The summed E-state index contributed by atoms with van der Waals surface area (Å²) in [5.41, 5.74) is 0.0181. The van der Waals surface area contributed by atoms with E-state index in [2.05, 4.69) is 15.5 Å². The van der Waals surface area contributed by atoms with Gasteiger partial charge in [0.15, 0.2) is 0 Å². The predicted molar refractivity (Wildman–Crippen MR) is 41.5 cm³/mol. The monoisotopic (exact) mass is 159 g/mol. The predicted octanol–water partition coefficient (Wildman–Crippen LogP) is 0.753. The van der Waals surface area contributed by atoms with Crippen molar-refractivity contribution in [2.24, 2.45) is 0 Å². The Bertz CT molecular complexity index is 332. The highest BCUT2D eigenvalue weighted by Gasteiger charge is 1.91. The average molecular weight is 159 g/mol. The van der Waals surface area contributed by atoms with E-state index < -0.39 is 0 Å². The van der Waals surface area contributed by atoms with Crippen LogP contribution in [0.3, 0.4) is 0 Å². The first-order valence-electron chi connectivity index (χ1n) is 3.13. The summed E-state index contributed by atoms with van der Waals surface area (Å²) < 4.78 is 0. The number of nitrogens with zero attached hydrogens (tertiary/aromatic N) is 3. The molecule has 0 amide bonds. The molecule has 5 heteroatoms. The molecule has 1 aromatic rings. The van der Waals surface area contributed by atoms with Gasteiger partial charge in [0.25, 0.3) is 0 Å². The average Bonchev–Trinajstić information content (AvgIpc) is 2.59. The molecule has 0 aliphatic rings. The van der Waals surface area contributed by atoms with E-state index in [1.807, 2.05) is 0 Å². The molecule has 12 heavy (non-hydrogen) atoms. The first-order valence-corrected chi connectivity index (χ1v) is 3.13. The standard InChI is InChI=1S/C7H5N5/c8-3-6(4-9)5-10-7-1-2-11-12-7/h1-2,5H,(H2,10,11,12). The van der Waals surface area contributed by atoms with Crippen LogP contribution in [0.1, 0.15) is 0 Å². The minimum atomic E-state index is 0.0181. The summed E-state index contributed by atoms with van der Waals surface area (Å²) in [4.78, 5) is 0. The zero-order chi connectivity index (χ0) is 8.81. The molecule has 0 aliphatic carbocycles. The second kappa shape index (κ2) is 3.79. The van der Waals surface area contributed by atoms with Gasteiger partial charge in [-0.1, -0.05) is 0 Å². The molecular weight excluding hydrogens is 154 g/mol. The summed E-state index contributed by atoms with van der Waals surface area (Å²) in [7, 11) is 0. The Morgan fingerprint density at radius 2 is 2.33 bits per heavy atom. The number of hydrogen-bond donors (Lipinski definition) is 2. The second-order valence-corrected chi connectivity index (χ2v) is 1.90. The van der Waals surface area contributed by atoms with Gasteiger partial charge < -0.3 is 5.32 Å². The van der Waals surface area contributed by atoms with Crippen LogP contribution in [0, 0.1) is 22.7 Å². The number of nitrogens with one attached hydrogen (secondary N) is 2. The SMILES string of the molecule is N#CC(C#N)=CNc1ccn[nH]1. The molecule has 0 bridgehead atoms. The molecule has 2 N–H and O–H groups in total. The van der Waals surface area contributed by atoms with Crippen LogP contribution in [-0.2, 0) is 0 Å². The van der Waals surface area contributed by atoms with Crippen molar-refractivity contribution in [1.82, 2.24) is 10.2 Å². The minimum Gasteiger partial charge on any atom is -0.345 e. The lowest BCUT2D eigenvalue weighted by Gasteiger charge is -1.91. The minimum absolute atomic E-state index is 0.0181. The maximum atomic E-state index is 8.35. The Balaban J connectivity index is 2.63. The van der Waals surface area contributed by atoms with Gasteiger partial charge in [-0.25, -0.2) is 0 Å². The highest BCUT2D eigenvalue weighted by molar-refractivity contribution is 5.43. The van der Waals surface area contributed by atoms with Gasteiger partial charge >= 0.3 is 0 Å². The molecule has 1 rings (SSSR count). The van der Waals surface area contributed by atoms with E-state index in [4.69, 9.17) is 10.5 Å².